The molecule has 2 aromatic rings. The van der Waals surface area contributed by atoms with Crippen molar-refractivity contribution in [2.75, 3.05) is 7.05 Å². The van der Waals surface area contributed by atoms with Crippen LogP contribution in [0.15, 0.2) is 23.5 Å². The standard InChI is InChI=1S/C10H11N5/c1-6-4-13-7-3-8(10(11)12-2)14-5-9(7)15-6/h3-5H,1-2H3,(H2,11,12). The number of aliphatic imine (C=N–C) groups is 1. The van der Waals surface area contributed by atoms with Crippen LogP contribution in [-0.4, -0.2) is 27.8 Å². The summed E-state index contributed by atoms with van der Waals surface area (Å²) in [5.41, 5.74) is 8.69. The topological polar surface area (TPSA) is 77.0 Å². The van der Waals surface area contributed by atoms with Gasteiger partial charge in [0.05, 0.1) is 17.4 Å². The van der Waals surface area contributed by atoms with Crippen molar-refractivity contribution in [3.63, 3.8) is 0 Å². The lowest BCUT2D eigenvalue weighted by Gasteiger charge is -2.01. The molecule has 0 saturated carbocycles. The molecule has 0 spiro atoms. The lowest BCUT2D eigenvalue weighted by molar-refractivity contribution is 1.16. The number of hydrogen-bond donors (Lipinski definition) is 1. The van der Waals surface area contributed by atoms with E-state index in [4.69, 9.17) is 5.73 Å². The number of nitrogens with zero attached hydrogens (tertiary/aromatic N) is 4. The molecule has 0 bridgehead atoms. The van der Waals surface area contributed by atoms with E-state index >= 15 is 0 Å². The summed E-state index contributed by atoms with van der Waals surface area (Å²) in [6, 6.07) is 1.78. The van der Waals surface area contributed by atoms with Crippen LogP contribution in [-0.2, 0) is 0 Å². The average Bonchev–Trinajstić information content (AvgIpc) is 2.27. The average molecular weight is 201 g/mol. The Bertz CT molecular complexity index is 532. The first-order valence-corrected chi connectivity index (χ1v) is 4.53. The molecule has 0 aliphatic rings. The highest BCUT2D eigenvalue weighted by molar-refractivity contribution is 5.97. The molecule has 0 aliphatic heterocycles. The van der Waals surface area contributed by atoms with Gasteiger partial charge in [0.2, 0.25) is 0 Å². The molecule has 5 heteroatoms. The molecule has 5 nitrogen and oxygen atoms in total. The van der Waals surface area contributed by atoms with Crippen LogP contribution >= 0.6 is 0 Å². The Hall–Kier alpha value is -2.04. The summed E-state index contributed by atoms with van der Waals surface area (Å²) in [6.07, 6.45) is 3.37. The van der Waals surface area contributed by atoms with E-state index in [1.165, 1.54) is 0 Å². The molecule has 0 radical (unpaired) electrons. The first kappa shape index (κ1) is 9.51. The van der Waals surface area contributed by atoms with Gasteiger partial charge in [-0.15, -0.1) is 0 Å². The fraction of sp³-hybridized carbons (Fsp3) is 0.200. The van der Waals surface area contributed by atoms with Gasteiger partial charge in [0.1, 0.15) is 17.0 Å². The third kappa shape index (κ3) is 1.76. The van der Waals surface area contributed by atoms with Crippen LogP contribution in [0, 0.1) is 6.92 Å². The first-order chi connectivity index (χ1) is 7.20. The van der Waals surface area contributed by atoms with Crippen molar-refractivity contribution in [3.8, 4) is 0 Å². The molecule has 15 heavy (non-hydrogen) atoms. The van der Waals surface area contributed by atoms with Crippen molar-refractivity contribution in [2.45, 2.75) is 6.92 Å². The molecule has 0 amide bonds. The summed E-state index contributed by atoms with van der Waals surface area (Å²) in [5, 5.41) is 0. The maximum absolute atomic E-state index is 5.65. The predicted octanol–water partition coefficient (Wildman–Crippen LogP) is 0.668. The number of fused-ring (bicyclic) bond motifs is 1. The molecular weight excluding hydrogens is 190 g/mol. The second-order valence-corrected chi connectivity index (χ2v) is 3.18. The summed E-state index contributed by atoms with van der Waals surface area (Å²) < 4.78 is 0. The highest BCUT2D eigenvalue weighted by Crippen LogP contribution is 2.09. The Morgan fingerprint density at radius 2 is 2.07 bits per heavy atom. The van der Waals surface area contributed by atoms with E-state index in [-0.39, 0.29) is 0 Å². The van der Waals surface area contributed by atoms with Crippen LogP contribution in [0.3, 0.4) is 0 Å². The summed E-state index contributed by atoms with van der Waals surface area (Å²) in [4.78, 5) is 16.6. The van der Waals surface area contributed by atoms with Crippen molar-refractivity contribution < 1.29 is 0 Å². The third-order valence-electron chi connectivity index (χ3n) is 2.05. The van der Waals surface area contributed by atoms with E-state index in [1.807, 2.05) is 6.92 Å². The smallest absolute Gasteiger partial charge is 0.144 e. The zero-order valence-electron chi connectivity index (χ0n) is 8.60. The summed E-state index contributed by atoms with van der Waals surface area (Å²) >= 11 is 0. The highest BCUT2D eigenvalue weighted by Gasteiger charge is 2.03. The van der Waals surface area contributed by atoms with E-state index in [9.17, 15) is 0 Å². The second kappa shape index (κ2) is 3.61. The lowest BCUT2D eigenvalue weighted by Crippen LogP contribution is -2.14. The number of rotatable bonds is 1. The van der Waals surface area contributed by atoms with Crippen molar-refractivity contribution in [1.29, 1.82) is 0 Å². The molecule has 0 atom stereocenters. The van der Waals surface area contributed by atoms with Gasteiger partial charge in [-0.3, -0.25) is 15.0 Å². The lowest BCUT2D eigenvalue weighted by atomic mass is 10.3. The van der Waals surface area contributed by atoms with Gasteiger partial charge in [0.25, 0.3) is 0 Å². The monoisotopic (exact) mass is 201 g/mol. The van der Waals surface area contributed by atoms with Crippen LogP contribution in [0.4, 0.5) is 0 Å². The minimum Gasteiger partial charge on any atom is -0.382 e. The zero-order valence-corrected chi connectivity index (χ0v) is 8.60. The van der Waals surface area contributed by atoms with Crippen LogP contribution in [0.5, 0.6) is 0 Å². The molecule has 0 aromatic carbocycles. The number of pyridine rings is 1. The molecule has 2 heterocycles. The first-order valence-electron chi connectivity index (χ1n) is 4.53. The molecular formula is C10H11N5. The van der Waals surface area contributed by atoms with Crippen LogP contribution in [0.1, 0.15) is 11.4 Å². The van der Waals surface area contributed by atoms with Crippen molar-refractivity contribution >= 4 is 16.9 Å². The van der Waals surface area contributed by atoms with E-state index in [2.05, 4.69) is 19.9 Å². The molecule has 0 fully saturated rings. The molecule has 2 rings (SSSR count). The van der Waals surface area contributed by atoms with E-state index in [0.29, 0.717) is 11.5 Å². The molecule has 0 aliphatic carbocycles. The Labute approximate surface area is 87.1 Å². The third-order valence-corrected chi connectivity index (χ3v) is 2.05. The molecule has 0 saturated heterocycles. The highest BCUT2D eigenvalue weighted by atomic mass is 14.9. The second-order valence-electron chi connectivity index (χ2n) is 3.18. The van der Waals surface area contributed by atoms with E-state index in [0.717, 1.165) is 16.7 Å². The Morgan fingerprint density at radius 1 is 1.27 bits per heavy atom. The van der Waals surface area contributed by atoms with E-state index < -0.39 is 0 Å². The summed E-state index contributed by atoms with van der Waals surface area (Å²) in [5.74, 6) is 0.402. The van der Waals surface area contributed by atoms with Crippen molar-refractivity contribution in [3.05, 3.63) is 29.8 Å². The van der Waals surface area contributed by atoms with Gasteiger partial charge in [-0.2, -0.15) is 0 Å². The Balaban J connectivity index is 2.62. The van der Waals surface area contributed by atoms with Gasteiger partial charge in [-0.25, -0.2) is 4.98 Å². The summed E-state index contributed by atoms with van der Waals surface area (Å²) in [7, 11) is 1.63. The van der Waals surface area contributed by atoms with Crippen LogP contribution < -0.4 is 5.73 Å². The summed E-state index contributed by atoms with van der Waals surface area (Å²) in [6.45, 7) is 1.89. The van der Waals surface area contributed by atoms with Crippen LogP contribution in [0.25, 0.3) is 11.0 Å². The molecule has 2 aromatic heterocycles. The zero-order chi connectivity index (χ0) is 10.8. The van der Waals surface area contributed by atoms with Gasteiger partial charge in [-0.05, 0) is 13.0 Å². The van der Waals surface area contributed by atoms with E-state index in [1.54, 1.807) is 25.5 Å². The minimum absolute atomic E-state index is 0.402. The van der Waals surface area contributed by atoms with Gasteiger partial charge in [-0.1, -0.05) is 0 Å². The number of amidine groups is 1. The predicted molar refractivity (Wildman–Crippen MR) is 58.7 cm³/mol. The quantitative estimate of drug-likeness (QED) is 0.543. The van der Waals surface area contributed by atoms with Crippen molar-refractivity contribution in [2.24, 2.45) is 10.7 Å². The normalized spacial score (nSPS) is 12.0. The number of aryl methyl sites for hydroxylation is 1. The fourth-order valence-corrected chi connectivity index (χ4v) is 1.26. The number of aromatic nitrogens is 3. The molecule has 2 N–H and O–H groups in total. The molecule has 76 valence electrons. The van der Waals surface area contributed by atoms with Gasteiger partial charge >= 0.3 is 0 Å². The largest absolute Gasteiger partial charge is 0.382 e. The Kier molecular flexibility index (Phi) is 2.29. The number of nitrogens with two attached hydrogens (primary N) is 1. The minimum atomic E-state index is 0.402. The van der Waals surface area contributed by atoms with Crippen molar-refractivity contribution in [1.82, 2.24) is 15.0 Å². The SMILES string of the molecule is CN=C(N)c1cc2ncc(C)nc2cn1. The van der Waals surface area contributed by atoms with Gasteiger partial charge in [0.15, 0.2) is 0 Å². The Morgan fingerprint density at radius 3 is 2.80 bits per heavy atom. The maximum Gasteiger partial charge on any atom is 0.144 e. The fourth-order valence-electron chi connectivity index (χ4n) is 1.26. The maximum atomic E-state index is 5.65. The molecule has 0 unspecified atom stereocenters. The van der Waals surface area contributed by atoms with Crippen LogP contribution in [0.2, 0.25) is 0 Å². The van der Waals surface area contributed by atoms with Gasteiger partial charge in [0, 0.05) is 13.2 Å². The van der Waals surface area contributed by atoms with Gasteiger partial charge < -0.3 is 5.73 Å². The number of hydrogen-bond acceptors (Lipinski definition) is 4.